The summed E-state index contributed by atoms with van der Waals surface area (Å²) in [5.41, 5.74) is 4.53. The first-order valence-corrected chi connectivity index (χ1v) is 8.57. The molecule has 1 unspecified atom stereocenters. The van der Waals surface area contributed by atoms with Gasteiger partial charge in [0, 0.05) is 5.92 Å². The highest BCUT2D eigenvalue weighted by molar-refractivity contribution is 5.81. The van der Waals surface area contributed by atoms with E-state index in [-0.39, 0.29) is 18.9 Å². The molecule has 1 amide bonds. The minimum atomic E-state index is -1.09. The highest BCUT2D eigenvalue weighted by Gasteiger charge is 2.29. The molecule has 0 radical (unpaired) electrons. The maximum atomic E-state index is 12.1. The van der Waals surface area contributed by atoms with Gasteiger partial charge in [-0.2, -0.15) is 0 Å². The molecule has 134 valence electrons. The fraction of sp³-hybridized carbons (Fsp3) is 0.238. The lowest BCUT2D eigenvalue weighted by molar-refractivity contribution is -0.139. The van der Waals surface area contributed by atoms with Crippen molar-refractivity contribution in [3.8, 4) is 11.1 Å². The van der Waals surface area contributed by atoms with Crippen molar-refractivity contribution < 1.29 is 19.4 Å². The monoisotopic (exact) mass is 351 g/mol. The Hall–Kier alpha value is -3.08. The second-order valence-corrected chi connectivity index (χ2v) is 6.17. The Bertz CT molecular complexity index is 798. The van der Waals surface area contributed by atoms with E-state index >= 15 is 0 Å². The van der Waals surface area contributed by atoms with E-state index in [0.717, 1.165) is 22.3 Å². The molecule has 2 N–H and O–H groups in total. The maximum absolute atomic E-state index is 12.1. The summed E-state index contributed by atoms with van der Waals surface area (Å²) in [5.74, 6) is -1.14. The third kappa shape index (κ3) is 3.61. The summed E-state index contributed by atoms with van der Waals surface area (Å²) in [6, 6.07) is 15.1. The summed E-state index contributed by atoms with van der Waals surface area (Å²) in [5, 5.41) is 11.6. The molecule has 0 heterocycles. The third-order valence-electron chi connectivity index (χ3n) is 4.54. The number of fused-ring (bicyclic) bond motifs is 3. The number of aliphatic carboxylic acids is 1. The number of carbonyl (C=O) groups excluding carboxylic acids is 1. The molecule has 5 heteroatoms. The van der Waals surface area contributed by atoms with E-state index in [2.05, 4.69) is 17.4 Å². The Labute approximate surface area is 152 Å². The van der Waals surface area contributed by atoms with Crippen LogP contribution >= 0.6 is 0 Å². The van der Waals surface area contributed by atoms with E-state index < -0.39 is 18.1 Å². The number of hydrogen-bond donors (Lipinski definition) is 2. The van der Waals surface area contributed by atoms with Crippen LogP contribution in [0.4, 0.5) is 4.79 Å². The van der Waals surface area contributed by atoms with Gasteiger partial charge >= 0.3 is 12.1 Å². The molecule has 26 heavy (non-hydrogen) atoms. The van der Waals surface area contributed by atoms with Gasteiger partial charge in [-0.3, -0.25) is 0 Å². The molecule has 1 aliphatic carbocycles. The summed E-state index contributed by atoms with van der Waals surface area (Å²) in [7, 11) is 0. The number of carboxylic acids is 1. The van der Waals surface area contributed by atoms with Crippen LogP contribution < -0.4 is 5.32 Å². The molecule has 0 aliphatic heterocycles. The van der Waals surface area contributed by atoms with E-state index in [0.29, 0.717) is 0 Å². The summed E-state index contributed by atoms with van der Waals surface area (Å²) < 4.78 is 5.36. The lowest BCUT2D eigenvalue weighted by atomic mass is 9.98. The molecule has 2 aromatic rings. The van der Waals surface area contributed by atoms with Crippen molar-refractivity contribution in [3.05, 3.63) is 71.8 Å². The van der Waals surface area contributed by atoms with Crippen LogP contribution in [0.25, 0.3) is 11.1 Å². The number of rotatable bonds is 6. The molecular weight excluding hydrogens is 330 g/mol. The summed E-state index contributed by atoms with van der Waals surface area (Å²) in [4.78, 5) is 23.3. The Morgan fingerprint density at radius 1 is 1.12 bits per heavy atom. The minimum absolute atomic E-state index is 0.0491. The minimum Gasteiger partial charge on any atom is -0.480 e. The molecule has 3 rings (SSSR count). The largest absolute Gasteiger partial charge is 0.480 e. The Morgan fingerprint density at radius 2 is 1.69 bits per heavy atom. The highest BCUT2D eigenvalue weighted by Crippen LogP contribution is 2.44. The number of alkyl carbamates (subject to hydrolysis) is 1. The second kappa shape index (κ2) is 7.87. The quantitative estimate of drug-likeness (QED) is 0.773. The van der Waals surface area contributed by atoms with Crippen molar-refractivity contribution in [2.45, 2.75) is 25.3 Å². The normalized spacial score (nSPS) is 13.9. The van der Waals surface area contributed by atoms with E-state index in [4.69, 9.17) is 4.74 Å². The predicted molar refractivity (Wildman–Crippen MR) is 99.1 cm³/mol. The van der Waals surface area contributed by atoms with Gasteiger partial charge in [-0.15, -0.1) is 0 Å². The van der Waals surface area contributed by atoms with Crippen molar-refractivity contribution in [1.29, 1.82) is 0 Å². The van der Waals surface area contributed by atoms with Crippen LogP contribution in [0.2, 0.25) is 0 Å². The van der Waals surface area contributed by atoms with Crippen LogP contribution in [0.1, 0.15) is 30.4 Å². The molecule has 0 bridgehead atoms. The molecule has 0 fully saturated rings. The number of carbonyl (C=O) groups is 2. The molecule has 0 saturated carbocycles. The lowest BCUT2D eigenvalue weighted by Crippen LogP contribution is -2.41. The summed E-state index contributed by atoms with van der Waals surface area (Å²) in [6.07, 6.45) is 2.94. The number of carboxylic acid groups (broad SMARTS) is 1. The predicted octanol–water partition coefficient (Wildman–Crippen LogP) is 3.94. The van der Waals surface area contributed by atoms with Crippen LogP contribution in [0, 0.1) is 0 Å². The smallest absolute Gasteiger partial charge is 0.407 e. The summed E-state index contributed by atoms with van der Waals surface area (Å²) in [6.45, 7) is 1.96. The zero-order valence-corrected chi connectivity index (χ0v) is 14.5. The number of benzene rings is 2. The SMILES string of the molecule is C/C=C/CC(NC(=O)OCC1c2ccccc2-c2ccccc21)C(=O)O. The maximum Gasteiger partial charge on any atom is 0.407 e. The topological polar surface area (TPSA) is 75.6 Å². The van der Waals surface area contributed by atoms with Gasteiger partial charge in [0.15, 0.2) is 0 Å². The molecular formula is C21H21NO4. The Morgan fingerprint density at radius 3 is 2.23 bits per heavy atom. The standard InChI is InChI=1S/C21H21NO4/c1-2-3-12-19(20(23)24)22-21(25)26-13-18-16-10-6-4-8-14(16)15-9-5-7-11-17(15)18/h2-11,18-19H,12-13H2,1H3,(H,22,25)(H,23,24)/b3-2+. The molecule has 0 spiro atoms. The van der Waals surface area contributed by atoms with Gasteiger partial charge in [-0.05, 0) is 35.6 Å². The second-order valence-electron chi connectivity index (χ2n) is 6.17. The fourth-order valence-corrected chi connectivity index (χ4v) is 3.28. The molecule has 1 atom stereocenters. The number of hydrogen-bond acceptors (Lipinski definition) is 3. The average Bonchev–Trinajstić information content (AvgIpc) is 2.97. The van der Waals surface area contributed by atoms with Gasteiger partial charge in [-0.1, -0.05) is 60.7 Å². The van der Waals surface area contributed by atoms with Gasteiger partial charge in [0.1, 0.15) is 12.6 Å². The average molecular weight is 351 g/mol. The van der Waals surface area contributed by atoms with Crippen molar-refractivity contribution >= 4 is 12.1 Å². The molecule has 5 nitrogen and oxygen atoms in total. The Balaban J connectivity index is 1.70. The molecule has 0 saturated heterocycles. The van der Waals surface area contributed by atoms with Crippen molar-refractivity contribution in [2.75, 3.05) is 6.61 Å². The zero-order valence-electron chi connectivity index (χ0n) is 14.5. The van der Waals surface area contributed by atoms with Crippen LogP contribution in [-0.4, -0.2) is 29.8 Å². The highest BCUT2D eigenvalue weighted by atomic mass is 16.5. The van der Waals surface area contributed by atoms with Gasteiger partial charge in [0.2, 0.25) is 0 Å². The van der Waals surface area contributed by atoms with Gasteiger partial charge in [0.05, 0.1) is 0 Å². The first-order valence-electron chi connectivity index (χ1n) is 8.57. The summed E-state index contributed by atoms with van der Waals surface area (Å²) >= 11 is 0. The number of ether oxygens (including phenoxy) is 1. The number of nitrogens with one attached hydrogen (secondary N) is 1. The van der Waals surface area contributed by atoms with Gasteiger partial charge in [0.25, 0.3) is 0 Å². The van der Waals surface area contributed by atoms with Crippen LogP contribution in [0.3, 0.4) is 0 Å². The molecule has 2 aromatic carbocycles. The van der Waals surface area contributed by atoms with E-state index in [9.17, 15) is 14.7 Å². The molecule has 0 aromatic heterocycles. The number of allylic oxidation sites excluding steroid dienone is 1. The fourth-order valence-electron chi connectivity index (χ4n) is 3.28. The van der Waals surface area contributed by atoms with Gasteiger partial charge < -0.3 is 15.2 Å². The first kappa shape index (κ1) is 17.7. The van der Waals surface area contributed by atoms with Crippen molar-refractivity contribution in [2.24, 2.45) is 0 Å². The zero-order chi connectivity index (χ0) is 18.5. The molecule has 1 aliphatic rings. The van der Waals surface area contributed by atoms with Crippen LogP contribution in [0.15, 0.2) is 60.7 Å². The van der Waals surface area contributed by atoms with Crippen molar-refractivity contribution in [3.63, 3.8) is 0 Å². The van der Waals surface area contributed by atoms with E-state index in [1.807, 2.05) is 36.4 Å². The van der Waals surface area contributed by atoms with Gasteiger partial charge in [-0.25, -0.2) is 9.59 Å². The Kier molecular flexibility index (Phi) is 5.37. The van der Waals surface area contributed by atoms with Crippen LogP contribution in [-0.2, 0) is 9.53 Å². The van der Waals surface area contributed by atoms with Crippen molar-refractivity contribution in [1.82, 2.24) is 5.32 Å². The van der Waals surface area contributed by atoms with E-state index in [1.165, 1.54) is 0 Å². The third-order valence-corrected chi connectivity index (χ3v) is 4.54. The van der Waals surface area contributed by atoms with Crippen LogP contribution in [0.5, 0.6) is 0 Å². The lowest BCUT2D eigenvalue weighted by Gasteiger charge is -2.16. The number of amides is 1. The van der Waals surface area contributed by atoms with E-state index in [1.54, 1.807) is 19.1 Å². The first-order chi connectivity index (χ1) is 12.6.